The Morgan fingerprint density at radius 2 is 1.78 bits per heavy atom. The Hall–Kier alpha value is -2.34. The lowest BCUT2D eigenvalue weighted by molar-refractivity contribution is 0.0600. The largest absolute Gasteiger partial charge is 0.465 e. The molecule has 5 nitrogen and oxygen atoms in total. The van der Waals surface area contributed by atoms with Gasteiger partial charge in [0, 0.05) is 5.69 Å². The molecule has 0 fully saturated rings. The summed E-state index contributed by atoms with van der Waals surface area (Å²) >= 11 is 0. The van der Waals surface area contributed by atoms with E-state index in [1.54, 1.807) is 43.3 Å². The van der Waals surface area contributed by atoms with Crippen LogP contribution in [0.2, 0.25) is 0 Å². The molecule has 0 saturated carbocycles. The van der Waals surface area contributed by atoms with E-state index in [1.807, 2.05) is 13.0 Å². The molecule has 0 unspecified atom stereocenters. The Kier molecular flexibility index (Phi) is 5.05. The SMILES string of the molecule is COC(=O)c1cc(C)cc(NCS(=O)(=O)c2ccccc2)c1C. The van der Waals surface area contributed by atoms with Gasteiger partial charge in [-0.1, -0.05) is 18.2 Å². The molecule has 122 valence electrons. The molecular weight excluding hydrogens is 314 g/mol. The van der Waals surface area contributed by atoms with E-state index in [1.165, 1.54) is 7.11 Å². The van der Waals surface area contributed by atoms with Crippen molar-refractivity contribution in [3.8, 4) is 0 Å². The van der Waals surface area contributed by atoms with E-state index in [4.69, 9.17) is 4.74 Å². The summed E-state index contributed by atoms with van der Waals surface area (Å²) < 4.78 is 29.4. The minimum absolute atomic E-state index is 0.248. The van der Waals surface area contributed by atoms with Crippen LogP contribution in [0.15, 0.2) is 47.4 Å². The summed E-state index contributed by atoms with van der Waals surface area (Å²) in [6.45, 7) is 3.59. The number of hydrogen-bond donors (Lipinski definition) is 1. The van der Waals surface area contributed by atoms with E-state index in [-0.39, 0.29) is 10.8 Å². The van der Waals surface area contributed by atoms with Crippen LogP contribution in [-0.4, -0.2) is 27.4 Å². The molecule has 0 aliphatic heterocycles. The smallest absolute Gasteiger partial charge is 0.338 e. The zero-order valence-corrected chi connectivity index (χ0v) is 14.1. The number of hydrogen-bond acceptors (Lipinski definition) is 5. The Labute approximate surface area is 136 Å². The number of aryl methyl sites for hydroxylation is 1. The number of methoxy groups -OCH3 is 1. The fraction of sp³-hybridized carbons (Fsp3) is 0.235. The second-order valence-electron chi connectivity index (χ2n) is 5.23. The quantitative estimate of drug-likeness (QED) is 0.852. The van der Waals surface area contributed by atoms with E-state index in [0.29, 0.717) is 16.8 Å². The van der Waals surface area contributed by atoms with E-state index in [9.17, 15) is 13.2 Å². The summed E-state index contributed by atoms with van der Waals surface area (Å²) in [6, 6.07) is 11.8. The van der Waals surface area contributed by atoms with Gasteiger partial charge in [-0.2, -0.15) is 0 Å². The van der Waals surface area contributed by atoms with Crippen molar-refractivity contribution in [3.05, 3.63) is 59.2 Å². The van der Waals surface area contributed by atoms with Crippen molar-refractivity contribution in [1.29, 1.82) is 0 Å². The predicted molar refractivity (Wildman–Crippen MR) is 89.4 cm³/mol. The van der Waals surface area contributed by atoms with Crippen molar-refractivity contribution in [2.45, 2.75) is 18.7 Å². The lowest BCUT2D eigenvalue weighted by Gasteiger charge is -2.14. The Morgan fingerprint density at radius 3 is 2.39 bits per heavy atom. The molecule has 0 heterocycles. The number of anilines is 1. The summed E-state index contributed by atoms with van der Waals surface area (Å²) in [5, 5.41) is 2.92. The minimum atomic E-state index is -3.45. The predicted octanol–water partition coefficient (Wildman–Crippen LogP) is 2.93. The van der Waals surface area contributed by atoms with Gasteiger partial charge >= 0.3 is 5.97 Å². The van der Waals surface area contributed by atoms with Gasteiger partial charge in [0.25, 0.3) is 0 Å². The average Bonchev–Trinajstić information content (AvgIpc) is 2.55. The van der Waals surface area contributed by atoms with Crippen molar-refractivity contribution in [2.75, 3.05) is 18.3 Å². The van der Waals surface area contributed by atoms with Crippen molar-refractivity contribution >= 4 is 21.5 Å². The summed E-state index contributed by atoms with van der Waals surface area (Å²) in [7, 11) is -2.14. The van der Waals surface area contributed by atoms with Crippen LogP contribution >= 0.6 is 0 Å². The maximum absolute atomic E-state index is 12.3. The van der Waals surface area contributed by atoms with E-state index < -0.39 is 15.8 Å². The summed E-state index contributed by atoms with van der Waals surface area (Å²) in [5.41, 5.74) is 2.53. The Balaban J connectivity index is 2.28. The fourth-order valence-electron chi connectivity index (χ4n) is 2.25. The third kappa shape index (κ3) is 3.90. The highest BCUT2D eigenvalue weighted by molar-refractivity contribution is 7.91. The van der Waals surface area contributed by atoms with Crippen molar-refractivity contribution in [1.82, 2.24) is 0 Å². The van der Waals surface area contributed by atoms with E-state index in [0.717, 1.165) is 5.56 Å². The molecule has 0 bridgehead atoms. The zero-order chi connectivity index (χ0) is 17.0. The number of sulfone groups is 1. The van der Waals surface area contributed by atoms with Crippen molar-refractivity contribution in [2.24, 2.45) is 0 Å². The lowest BCUT2D eigenvalue weighted by atomic mass is 10.0. The van der Waals surface area contributed by atoms with Gasteiger partial charge in [0.1, 0.15) is 5.88 Å². The van der Waals surface area contributed by atoms with Gasteiger partial charge in [0.05, 0.1) is 17.6 Å². The number of carbonyl (C=O) groups excluding carboxylic acids is 1. The van der Waals surface area contributed by atoms with Crippen LogP contribution in [0.3, 0.4) is 0 Å². The molecule has 1 N–H and O–H groups in total. The highest BCUT2D eigenvalue weighted by Crippen LogP contribution is 2.23. The van der Waals surface area contributed by atoms with E-state index in [2.05, 4.69) is 5.32 Å². The van der Waals surface area contributed by atoms with Crippen molar-refractivity contribution in [3.63, 3.8) is 0 Å². The number of nitrogens with one attached hydrogen (secondary N) is 1. The van der Waals surface area contributed by atoms with Gasteiger partial charge in [-0.3, -0.25) is 0 Å². The Morgan fingerprint density at radius 1 is 1.13 bits per heavy atom. The van der Waals surface area contributed by atoms with Crippen LogP contribution < -0.4 is 5.32 Å². The third-order valence-electron chi connectivity index (χ3n) is 3.51. The molecule has 2 aromatic carbocycles. The maximum atomic E-state index is 12.3. The average molecular weight is 333 g/mol. The molecule has 0 aromatic heterocycles. The van der Waals surface area contributed by atoms with Crippen LogP contribution in [0.1, 0.15) is 21.5 Å². The third-order valence-corrected chi connectivity index (χ3v) is 5.03. The molecular formula is C17H19NO4S. The molecule has 0 atom stereocenters. The number of carbonyl (C=O) groups is 1. The maximum Gasteiger partial charge on any atom is 0.338 e. The van der Waals surface area contributed by atoms with Crippen LogP contribution in [-0.2, 0) is 14.6 Å². The minimum Gasteiger partial charge on any atom is -0.465 e. The first-order valence-corrected chi connectivity index (χ1v) is 8.71. The van der Waals surface area contributed by atoms with Gasteiger partial charge in [0.15, 0.2) is 9.84 Å². The number of esters is 1. The van der Waals surface area contributed by atoms with Crippen LogP contribution in [0.25, 0.3) is 0 Å². The van der Waals surface area contributed by atoms with Crippen LogP contribution in [0.4, 0.5) is 5.69 Å². The lowest BCUT2D eigenvalue weighted by Crippen LogP contribution is -2.16. The summed E-state index contributed by atoms with van der Waals surface area (Å²) in [6.07, 6.45) is 0. The topological polar surface area (TPSA) is 72.5 Å². The fourth-order valence-corrected chi connectivity index (χ4v) is 3.33. The molecule has 0 radical (unpaired) electrons. The van der Waals surface area contributed by atoms with Crippen molar-refractivity contribution < 1.29 is 17.9 Å². The van der Waals surface area contributed by atoms with Gasteiger partial charge in [-0.25, -0.2) is 13.2 Å². The van der Waals surface area contributed by atoms with Gasteiger partial charge in [-0.15, -0.1) is 0 Å². The number of rotatable bonds is 5. The standard InChI is InChI=1S/C17H19NO4S/c1-12-9-15(17(19)22-3)13(2)16(10-12)18-11-23(20,21)14-7-5-4-6-8-14/h4-10,18H,11H2,1-3H3. The first-order valence-electron chi connectivity index (χ1n) is 7.06. The Bertz CT molecular complexity index is 814. The first kappa shape index (κ1) is 17.0. The normalized spacial score (nSPS) is 11.1. The van der Waals surface area contributed by atoms with Crippen LogP contribution in [0.5, 0.6) is 0 Å². The molecule has 2 rings (SSSR count). The van der Waals surface area contributed by atoms with Gasteiger partial charge in [-0.05, 0) is 49.2 Å². The molecule has 0 amide bonds. The molecule has 0 aliphatic carbocycles. The first-order chi connectivity index (χ1) is 10.8. The highest BCUT2D eigenvalue weighted by Gasteiger charge is 2.17. The molecule has 2 aromatic rings. The summed E-state index contributed by atoms with van der Waals surface area (Å²) in [5.74, 6) is -0.692. The van der Waals surface area contributed by atoms with E-state index >= 15 is 0 Å². The second kappa shape index (κ2) is 6.83. The zero-order valence-electron chi connectivity index (χ0n) is 13.3. The van der Waals surface area contributed by atoms with Gasteiger partial charge in [0.2, 0.25) is 0 Å². The molecule has 0 spiro atoms. The number of ether oxygens (including phenoxy) is 1. The molecule has 6 heteroatoms. The summed E-state index contributed by atoms with van der Waals surface area (Å²) in [4.78, 5) is 12.0. The molecule has 0 saturated heterocycles. The van der Waals surface area contributed by atoms with Gasteiger partial charge < -0.3 is 10.1 Å². The monoisotopic (exact) mass is 333 g/mol. The molecule has 23 heavy (non-hydrogen) atoms. The molecule has 0 aliphatic rings. The van der Waals surface area contributed by atoms with Crippen LogP contribution in [0, 0.1) is 13.8 Å². The number of benzene rings is 2. The second-order valence-corrected chi connectivity index (χ2v) is 7.22. The highest BCUT2D eigenvalue weighted by atomic mass is 32.2.